The number of nitrogens with zero attached hydrogens (tertiary/aromatic N) is 1. The highest BCUT2D eigenvalue weighted by molar-refractivity contribution is 9.13. The van der Waals surface area contributed by atoms with Crippen LogP contribution in [0.1, 0.15) is 11.1 Å². The summed E-state index contributed by atoms with van der Waals surface area (Å²) in [6.07, 6.45) is 3.30. The van der Waals surface area contributed by atoms with Crippen LogP contribution in [-0.2, 0) is 23.1 Å². The van der Waals surface area contributed by atoms with Crippen molar-refractivity contribution in [2.24, 2.45) is 0 Å². The first-order valence-electron chi connectivity index (χ1n) is 8.81. The molecule has 0 aliphatic rings. The van der Waals surface area contributed by atoms with E-state index in [-0.39, 0.29) is 17.5 Å². The highest BCUT2D eigenvalue weighted by atomic mass is 79.9. The lowest BCUT2D eigenvalue weighted by Gasteiger charge is -2.10. The molecule has 2 aromatic carbocycles. The highest BCUT2D eigenvalue weighted by Gasteiger charge is 2.14. The summed E-state index contributed by atoms with van der Waals surface area (Å²) in [6, 6.07) is 14.7. The second kappa shape index (κ2) is 10.2. The Hall–Kier alpha value is -2.27. The molecule has 1 aromatic heterocycles. The molecule has 3 aromatic rings. The van der Waals surface area contributed by atoms with Gasteiger partial charge in [0, 0.05) is 40.1 Å². The molecular weight excluding hydrogens is 536 g/mol. The number of halogens is 2. The van der Waals surface area contributed by atoms with Crippen molar-refractivity contribution in [3.8, 4) is 0 Å². The van der Waals surface area contributed by atoms with Gasteiger partial charge in [-0.1, -0.05) is 6.07 Å². The minimum Gasteiger partial charge on any atom is -0.334 e. The third-order valence-electron chi connectivity index (χ3n) is 4.08. The number of aromatic nitrogens is 1. The first-order chi connectivity index (χ1) is 14.3. The van der Waals surface area contributed by atoms with Crippen molar-refractivity contribution in [3.63, 3.8) is 0 Å². The van der Waals surface area contributed by atoms with Crippen molar-refractivity contribution in [2.45, 2.75) is 18.0 Å². The van der Waals surface area contributed by atoms with Crippen LogP contribution in [-0.4, -0.2) is 19.4 Å². The minimum absolute atomic E-state index is 0.112. The molecule has 7 nitrogen and oxygen atoms in total. The summed E-state index contributed by atoms with van der Waals surface area (Å²) in [5, 5.41) is 5.39. The molecule has 0 fully saturated rings. The van der Waals surface area contributed by atoms with Crippen LogP contribution in [0.25, 0.3) is 0 Å². The molecule has 0 bridgehead atoms. The highest BCUT2D eigenvalue weighted by Crippen LogP contribution is 2.24. The molecule has 1 heterocycles. The minimum atomic E-state index is -3.68. The molecule has 10 heteroatoms. The van der Waals surface area contributed by atoms with Crippen molar-refractivity contribution in [1.82, 2.24) is 15.0 Å². The predicted molar refractivity (Wildman–Crippen MR) is 122 cm³/mol. The summed E-state index contributed by atoms with van der Waals surface area (Å²) in [5.74, 6) is 0. The van der Waals surface area contributed by atoms with E-state index in [9.17, 15) is 13.2 Å². The number of benzene rings is 2. The van der Waals surface area contributed by atoms with Gasteiger partial charge in [-0.25, -0.2) is 17.9 Å². The zero-order valence-corrected chi connectivity index (χ0v) is 19.6. The molecule has 3 rings (SSSR count). The van der Waals surface area contributed by atoms with Gasteiger partial charge in [0.05, 0.1) is 4.90 Å². The van der Waals surface area contributed by atoms with Crippen LogP contribution >= 0.6 is 31.9 Å². The van der Waals surface area contributed by atoms with Gasteiger partial charge in [0.1, 0.15) is 0 Å². The zero-order valence-electron chi connectivity index (χ0n) is 15.6. The maximum atomic E-state index is 12.5. The Balaban J connectivity index is 1.55. The molecule has 30 heavy (non-hydrogen) atoms. The number of nitrogens with one attached hydrogen (secondary N) is 3. The fourth-order valence-corrected chi connectivity index (χ4v) is 4.18. The number of sulfonamides is 1. The molecule has 3 N–H and O–H groups in total. The van der Waals surface area contributed by atoms with E-state index in [2.05, 4.69) is 52.2 Å². The van der Waals surface area contributed by atoms with E-state index in [4.69, 9.17) is 0 Å². The van der Waals surface area contributed by atoms with Gasteiger partial charge in [-0.15, -0.1) is 0 Å². The predicted octanol–water partition coefficient (Wildman–Crippen LogP) is 4.41. The SMILES string of the molecule is O=C(NCc1ccncc1)Nc1ccc(S(=O)(=O)NCc2ccc(Br)c(Br)c2)cc1. The van der Waals surface area contributed by atoms with E-state index in [0.717, 1.165) is 20.1 Å². The van der Waals surface area contributed by atoms with Gasteiger partial charge in [-0.2, -0.15) is 0 Å². The molecule has 0 saturated carbocycles. The van der Waals surface area contributed by atoms with Crippen molar-refractivity contribution < 1.29 is 13.2 Å². The van der Waals surface area contributed by atoms with Crippen LogP contribution in [0.3, 0.4) is 0 Å². The number of amides is 2. The Kier molecular flexibility index (Phi) is 7.59. The maximum Gasteiger partial charge on any atom is 0.319 e. The zero-order chi connectivity index (χ0) is 21.6. The van der Waals surface area contributed by atoms with E-state index < -0.39 is 10.0 Å². The number of hydrogen-bond acceptors (Lipinski definition) is 4. The van der Waals surface area contributed by atoms with Crippen LogP contribution in [0, 0.1) is 0 Å². The molecule has 156 valence electrons. The third kappa shape index (κ3) is 6.36. The van der Waals surface area contributed by atoms with Crippen molar-refractivity contribution in [1.29, 1.82) is 0 Å². The molecule has 0 atom stereocenters. The number of carbonyl (C=O) groups is 1. The normalized spacial score (nSPS) is 11.1. The molecule has 0 aliphatic carbocycles. The van der Waals surface area contributed by atoms with Gasteiger partial charge in [0.2, 0.25) is 10.0 Å². The van der Waals surface area contributed by atoms with E-state index in [1.54, 1.807) is 24.5 Å². The van der Waals surface area contributed by atoms with Gasteiger partial charge >= 0.3 is 6.03 Å². The average molecular weight is 554 g/mol. The molecule has 0 spiro atoms. The average Bonchev–Trinajstić information content (AvgIpc) is 2.74. The Morgan fingerprint density at radius 3 is 2.23 bits per heavy atom. The monoisotopic (exact) mass is 552 g/mol. The molecule has 0 saturated heterocycles. The Bertz CT molecular complexity index is 1120. The van der Waals surface area contributed by atoms with Crippen LogP contribution in [0.5, 0.6) is 0 Å². The number of rotatable bonds is 7. The number of anilines is 1. The van der Waals surface area contributed by atoms with E-state index in [1.807, 2.05) is 18.2 Å². The van der Waals surface area contributed by atoms with Crippen molar-refractivity contribution in [3.05, 3.63) is 87.1 Å². The van der Waals surface area contributed by atoms with Crippen molar-refractivity contribution in [2.75, 3.05) is 5.32 Å². The lowest BCUT2D eigenvalue weighted by Crippen LogP contribution is -2.28. The van der Waals surface area contributed by atoms with Gasteiger partial charge < -0.3 is 10.6 Å². The molecule has 0 aliphatic heterocycles. The van der Waals surface area contributed by atoms with Gasteiger partial charge in [0.25, 0.3) is 0 Å². The van der Waals surface area contributed by atoms with Crippen molar-refractivity contribution >= 4 is 53.6 Å². The van der Waals surface area contributed by atoms with Crippen LogP contribution in [0.2, 0.25) is 0 Å². The van der Waals surface area contributed by atoms with Crippen LogP contribution < -0.4 is 15.4 Å². The summed E-state index contributed by atoms with van der Waals surface area (Å²) >= 11 is 6.78. The number of hydrogen-bond donors (Lipinski definition) is 3. The van der Waals surface area contributed by atoms with E-state index in [1.165, 1.54) is 24.3 Å². The molecule has 0 radical (unpaired) electrons. The van der Waals surface area contributed by atoms with Gasteiger partial charge in [-0.05, 0) is 91.5 Å². The van der Waals surface area contributed by atoms with Gasteiger partial charge in [-0.3, -0.25) is 4.98 Å². The first kappa shape index (κ1) is 22.4. The topological polar surface area (TPSA) is 100 Å². The summed E-state index contributed by atoms with van der Waals surface area (Å²) < 4.78 is 29.3. The first-order valence-corrected chi connectivity index (χ1v) is 11.9. The van der Waals surface area contributed by atoms with E-state index in [0.29, 0.717) is 12.2 Å². The standard InChI is InChI=1S/C20H18Br2N4O3S/c21-18-6-1-15(11-19(18)22)13-25-30(28,29)17-4-2-16(3-5-17)26-20(27)24-12-14-7-9-23-10-8-14/h1-11,25H,12-13H2,(H2,24,26,27). The quantitative estimate of drug-likeness (QED) is 0.403. The summed E-state index contributed by atoms with van der Waals surface area (Å²) in [6.45, 7) is 0.516. The molecule has 2 amide bonds. The third-order valence-corrected chi connectivity index (χ3v) is 7.37. The summed E-state index contributed by atoms with van der Waals surface area (Å²) in [4.78, 5) is 16.0. The van der Waals surface area contributed by atoms with Crippen LogP contribution in [0.4, 0.5) is 10.5 Å². The second-order valence-electron chi connectivity index (χ2n) is 6.26. The summed E-state index contributed by atoms with van der Waals surface area (Å²) in [5.41, 5.74) is 2.22. The number of pyridine rings is 1. The molecular formula is C20H18Br2N4O3S. The lowest BCUT2D eigenvalue weighted by atomic mass is 10.2. The Morgan fingerprint density at radius 1 is 0.867 bits per heavy atom. The fourth-order valence-electron chi connectivity index (χ4n) is 2.49. The Morgan fingerprint density at radius 2 is 1.57 bits per heavy atom. The molecule has 0 unspecified atom stereocenters. The fraction of sp³-hybridized carbons (Fsp3) is 0.100. The maximum absolute atomic E-state index is 12.5. The van der Waals surface area contributed by atoms with Gasteiger partial charge in [0.15, 0.2) is 0 Å². The smallest absolute Gasteiger partial charge is 0.319 e. The summed E-state index contributed by atoms with van der Waals surface area (Å²) in [7, 11) is -3.68. The number of urea groups is 1. The van der Waals surface area contributed by atoms with Crippen LogP contribution in [0.15, 0.2) is 80.8 Å². The Labute approximate surface area is 191 Å². The van der Waals surface area contributed by atoms with E-state index >= 15 is 0 Å². The number of carbonyl (C=O) groups excluding carboxylic acids is 1. The second-order valence-corrected chi connectivity index (χ2v) is 9.74. The largest absolute Gasteiger partial charge is 0.334 e. The lowest BCUT2D eigenvalue weighted by molar-refractivity contribution is 0.251.